The lowest BCUT2D eigenvalue weighted by Gasteiger charge is -2.19. The van der Waals surface area contributed by atoms with Gasteiger partial charge in [0.2, 0.25) is 5.91 Å². The molecule has 0 saturated carbocycles. The molecule has 0 aliphatic heterocycles. The third kappa shape index (κ3) is 9.04. The molecule has 0 radical (unpaired) electrons. The number of hydrogen-bond acceptors (Lipinski definition) is 7. The second kappa shape index (κ2) is 17.1. The Morgan fingerprint density at radius 1 is 0.720 bits per heavy atom. The SMILES string of the molecule is COc1ccc(Cl)cc1NC(=O)C(Sc1ccc(NC(=O)/C(=C/c2cccc(OC)c2OC)NC(=O)c2ccccc2)cc1)c1ccccc1. The van der Waals surface area contributed by atoms with E-state index in [-0.39, 0.29) is 11.6 Å². The number of anilines is 2. The van der Waals surface area contributed by atoms with E-state index in [0.29, 0.717) is 44.8 Å². The first-order chi connectivity index (χ1) is 24.3. The molecule has 254 valence electrons. The summed E-state index contributed by atoms with van der Waals surface area (Å²) in [7, 11) is 4.54. The Bertz CT molecular complexity index is 1990. The molecule has 9 nitrogen and oxygen atoms in total. The molecule has 5 aromatic carbocycles. The van der Waals surface area contributed by atoms with E-state index in [1.165, 1.54) is 39.2 Å². The van der Waals surface area contributed by atoms with E-state index in [9.17, 15) is 14.4 Å². The number of benzene rings is 5. The number of carbonyl (C=O) groups excluding carboxylic acids is 3. The van der Waals surface area contributed by atoms with Crippen molar-refractivity contribution < 1.29 is 28.6 Å². The molecule has 0 bridgehead atoms. The first-order valence-electron chi connectivity index (χ1n) is 15.4. The maximum atomic E-state index is 13.7. The molecular weight excluding hydrogens is 674 g/mol. The van der Waals surface area contributed by atoms with Gasteiger partial charge in [-0.1, -0.05) is 72.3 Å². The van der Waals surface area contributed by atoms with Gasteiger partial charge in [0.05, 0.1) is 27.0 Å². The van der Waals surface area contributed by atoms with E-state index in [2.05, 4.69) is 16.0 Å². The van der Waals surface area contributed by atoms with Crippen molar-refractivity contribution in [3.8, 4) is 17.2 Å². The molecule has 3 amide bonds. The van der Waals surface area contributed by atoms with Crippen LogP contribution < -0.4 is 30.2 Å². The van der Waals surface area contributed by atoms with Gasteiger partial charge in [0.15, 0.2) is 11.5 Å². The minimum absolute atomic E-state index is 0.0129. The summed E-state index contributed by atoms with van der Waals surface area (Å²) in [5, 5.41) is 8.39. The molecule has 11 heteroatoms. The zero-order chi connectivity index (χ0) is 35.5. The summed E-state index contributed by atoms with van der Waals surface area (Å²) in [6, 6.07) is 35.3. The molecule has 0 fully saturated rings. The topological polar surface area (TPSA) is 115 Å². The van der Waals surface area contributed by atoms with Crippen LogP contribution in [0, 0.1) is 0 Å². The summed E-state index contributed by atoms with van der Waals surface area (Å²) in [5.41, 5.74) is 2.63. The molecule has 0 saturated heterocycles. The van der Waals surface area contributed by atoms with Crippen molar-refractivity contribution in [3.05, 3.63) is 149 Å². The summed E-state index contributed by atoms with van der Waals surface area (Å²) >= 11 is 7.54. The molecule has 0 aliphatic rings. The van der Waals surface area contributed by atoms with Gasteiger partial charge in [-0.05, 0) is 72.3 Å². The lowest BCUT2D eigenvalue weighted by atomic mass is 10.1. The first-order valence-corrected chi connectivity index (χ1v) is 16.6. The van der Waals surface area contributed by atoms with Gasteiger partial charge in [-0.2, -0.15) is 0 Å². The number of thioether (sulfide) groups is 1. The fourth-order valence-electron chi connectivity index (χ4n) is 4.95. The molecule has 1 unspecified atom stereocenters. The normalized spacial score (nSPS) is 11.6. The predicted octanol–water partition coefficient (Wildman–Crippen LogP) is 8.25. The van der Waals surface area contributed by atoms with Gasteiger partial charge in [-0.3, -0.25) is 14.4 Å². The summed E-state index contributed by atoms with van der Waals surface area (Å²) < 4.78 is 16.4. The van der Waals surface area contributed by atoms with Crippen LogP contribution in [-0.4, -0.2) is 39.1 Å². The highest BCUT2D eigenvalue weighted by Gasteiger charge is 2.24. The van der Waals surface area contributed by atoms with E-state index < -0.39 is 17.1 Å². The Morgan fingerprint density at radius 2 is 1.40 bits per heavy atom. The van der Waals surface area contributed by atoms with Crippen LogP contribution in [0.15, 0.2) is 132 Å². The van der Waals surface area contributed by atoms with Gasteiger partial charge >= 0.3 is 0 Å². The summed E-state index contributed by atoms with van der Waals surface area (Å²) in [5.74, 6) is 0.0749. The second-order valence-electron chi connectivity index (χ2n) is 10.7. The minimum atomic E-state index is -0.624. The van der Waals surface area contributed by atoms with Crippen LogP contribution in [0.4, 0.5) is 11.4 Å². The summed E-state index contributed by atoms with van der Waals surface area (Å²) in [6.45, 7) is 0. The number of rotatable bonds is 13. The second-order valence-corrected chi connectivity index (χ2v) is 12.3. The smallest absolute Gasteiger partial charge is 0.272 e. The highest BCUT2D eigenvalue weighted by molar-refractivity contribution is 8.00. The molecule has 3 N–H and O–H groups in total. The van der Waals surface area contributed by atoms with Crippen LogP contribution in [0.3, 0.4) is 0 Å². The van der Waals surface area contributed by atoms with Gasteiger partial charge in [0.1, 0.15) is 16.7 Å². The Balaban J connectivity index is 1.37. The van der Waals surface area contributed by atoms with Crippen molar-refractivity contribution in [1.82, 2.24) is 5.32 Å². The van der Waals surface area contributed by atoms with Crippen LogP contribution in [-0.2, 0) is 9.59 Å². The Labute approximate surface area is 299 Å². The molecular formula is C39H34ClN3O6S. The van der Waals surface area contributed by atoms with Crippen molar-refractivity contribution in [1.29, 1.82) is 0 Å². The van der Waals surface area contributed by atoms with Crippen LogP contribution in [0.2, 0.25) is 5.02 Å². The molecule has 0 aromatic heterocycles. The third-order valence-corrected chi connectivity index (χ3v) is 8.89. The maximum absolute atomic E-state index is 13.7. The Kier molecular flexibility index (Phi) is 12.2. The number of carbonyl (C=O) groups is 3. The molecule has 0 heterocycles. The van der Waals surface area contributed by atoms with Crippen LogP contribution in [0.1, 0.15) is 26.7 Å². The molecule has 5 aromatic rings. The van der Waals surface area contributed by atoms with Crippen molar-refractivity contribution in [2.45, 2.75) is 10.1 Å². The Morgan fingerprint density at radius 3 is 2.06 bits per heavy atom. The molecule has 0 spiro atoms. The van der Waals surface area contributed by atoms with Gasteiger partial charge in [0.25, 0.3) is 11.8 Å². The highest BCUT2D eigenvalue weighted by Crippen LogP contribution is 2.38. The summed E-state index contributed by atoms with van der Waals surface area (Å²) in [4.78, 5) is 41.3. The predicted molar refractivity (Wildman–Crippen MR) is 198 cm³/mol. The first kappa shape index (κ1) is 35.6. The quantitative estimate of drug-likeness (QED) is 0.0834. The third-order valence-electron chi connectivity index (χ3n) is 7.39. The fraction of sp³-hybridized carbons (Fsp3) is 0.103. The van der Waals surface area contributed by atoms with Crippen LogP contribution >= 0.6 is 23.4 Å². The number of hydrogen-bond donors (Lipinski definition) is 3. The lowest BCUT2D eigenvalue weighted by Crippen LogP contribution is -2.30. The average molecular weight is 708 g/mol. The number of ether oxygens (including phenoxy) is 3. The monoisotopic (exact) mass is 707 g/mol. The largest absolute Gasteiger partial charge is 0.495 e. The van der Waals surface area contributed by atoms with E-state index in [1.54, 1.807) is 91.0 Å². The maximum Gasteiger partial charge on any atom is 0.272 e. The lowest BCUT2D eigenvalue weighted by molar-refractivity contribution is -0.116. The zero-order valence-corrected chi connectivity index (χ0v) is 29.0. The average Bonchev–Trinajstić information content (AvgIpc) is 3.14. The fourth-order valence-corrected chi connectivity index (χ4v) is 6.15. The van der Waals surface area contributed by atoms with Crippen LogP contribution in [0.25, 0.3) is 6.08 Å². The van der Waals surface area contributed by atoms with Crippen molar-refractivity contribution in [3.63, 3.8) is 0 Å². The molecule has 0 aliphatic carbocycles. The minimum Gasteiger partial charge on any atom is -0.495 e. The van der Waals surface area contributed by atoms with E-state index >= 15 is 0 Å². The van der Waals surface area contributed by atoms with Crippen LogP contribution in [0.5, 0.6) is 17.2 Å². The summed E-state index contributed by atoms with van der Waals surface area (Å²) in [6.07, 6.45) is 1.53. The number of para-hydroxylation sites is 1. The van der Waals surface area contributed by atoms with Gasteiger partial charge < -0.3 is 30.2 Å². The number of nitrogens with one attached hydrogen (secondary N) is 3. The molecule has 50 heavy (non-hydrogen) atoms. The zero-order valence-electron chi connectivity index (χ0n) is 27.4. The molecule has 5 rings (SSSR count). The van der Waals surface area contributed by atoms with Gasteiger partial charge in [-0.15, -0.1) is 11.8 Å². The number of halogens is 1. The van der Waals surface area contributed by atoms with E-state index in [4.69, 9.17) is 25.8 Å². The van der Waals surface area contributed by atoms with Gasteiger partial charge in [0, 0.05) is 26.7 Å². The van der Waals surface area contributed by atoms with Crippen molar-refractivity contribution >= 4 is 58.5 Å². The standard InChI is InChI=1S/C39H34ClN3O6S/c1-47-33-22-17-28(40)24-31(33)42-39(46)36(25-11-6-4-7-12-25)50-30-20-18-29(19-21-30)41-38(45)32(43-37(44)26-13-8-5-9-14-26)23-27-15-10-16-34(48-2)35(27)49-3/h4-24,36H,1-3H3,(H,41,45)(H,42,46)(H,43,44)/b32-23-. The van der Waals surface area contributed by atoms with E-state index in [0.717, 1.165) is 10.5 Å². The Hall–Kier alpha value is -5.71. The number of amides is 3. The van der Waals surface area contributed by atoms with Gasteiger partial charge in [-0.25, -0.2) is 0 Å². The molecule has 1 atom stereocenters. The number of methoxy groups -OCH3 is 3. The van der Waals surface area contributed by atoms with E-state index in [1.807, 2.05) is 30.3 Å². The van der Waals surface area contributed by atoms with Crippen molar-refractivity contribution in [2.75, 3.05) is 32.0 Å². The highest BCUT2D eigenvalue weighted by atomic mass is 35.5. The van der Waals surface area contributed by atoms with Crippen molar-refractivity contribution in [2.24, 2.45) is 0 Å².